The van der Waals surface area contributed by atoms with E-state index in [2.05, 4.69) is 0 Å². The zero-order valence-corrected chi connectivity index (χ0v) is 12.6. The molecule has 0 aliphatic heterocycles. The van der Waals surface area contributed by atoms with Gasteiger partial charge in [0.15, 0.2) is 0 Å². The number of aromatic hydroxyl groups is 4. The Hall–Kier alpha value is -3.40. The lowest BCUT2D eigenvalue weighted by atomic mass is 9.96. The Morgan fingerprint density at radius 1 is 0.458 bits per heavy atom. The summed E-state index contributed by atoms with van der Waals surface area (Å²) < 4.78 is 0. The molecule has 4 nitrogen and oxygen atoms in total. The molecule has 0 spiro atoms. The molecule has 0 aliphatic carbocycles. The number of fused-ring (bicyclic) bond motifs is 2. The summed E-state index contributed by atoms with van der Waals surface area (Å²) in [6, 6.07) is 16.6. The lowest BCUT2D eigenvalue weighted by molar-refractivity contribution is 0.469. The number of benzene rings is 4. The highest BCUT2D eigenvalue weighted by Crippen LogP contribution is 2.43. The normalized spacial score (nSPS) is 11.2. The number of phenols is 4. The van der Waals surface area contributed by atoms with E-state index in [9.17, 15) is 20.4 Å². The Kier molecular flexibility index (Phi) is 3.00. The third-order valence-corrected chi connectivity index (χ3v) is 4.24. The van der Waals surface area contributed by atoms with Crippen molar-refractivity contribution in [3.63, 3.8) is 0 Å². The first kappa shape index (κ1) is 14.2. The predicted octanol–water partition coefficient (Wildman–Crippen LogP) is 4.48. The van der Waals surface area contributed by atoms with Crippen LogP contribution in [0.5, 0.6) is 23.0 Å². The fourth-order valence-corrected chi connectivity index (χ4v) is 3.02. The molecule has 4 aromatic rings. The van der Waals surface area contributed by atoms with Gasteiger partial charge >= 0.3 is 0 Å². The Labute approximate surface area is 137 Å². The van der Waals surface area contributed by atoms with Crippen LogP contribution in [0.1, 0.15) is 0 Å². The van der Waals surface area contributed by atoms with Gasteiger partial charge in [0.2, 0.25) is 0 Å². The van der Waals surface area contributed by atoms with E-state index in [-0.39, 0.29) is 23.0 Å². The molecule has 0 heterocycles. The molecule has 0 fully saturated rings. The average Bonchev–Trinajstić information content (AvgIpc) is 2.57. The van der Waals surface area contributed by atoms with Crippen molar-refractivity contribution in [2.45, 2.75) is 0 Å². The van der Waals surface area contributed by atoms with Crippen LogP contribution in [-0.2, 0) is 0 Å². The summed E-state index contributed by atoms with van der Waals surface area (Å²) >= 11 is 0. The zero-order chi connectivity index (χ0) is 16.8. The van der Waals surface area contributed by atoms with Gasteiger partial charge in [-0.15, -0.1) is 0 Å². The van der Waals surface area contributed by atoms with Gasteiger partial charge in [-0.1, -0.05) is 24.3 Å². The van der Waals surface area contributed by atoms with Crippen molar-refractivity contribution in [3.05, 3.63) is 60.7 Å². The van der Waals surface area contributed by atoms with Crippen LogP contribution in [0, 0.1) is 0 Å². The van der Waals surface area contributed by atoms with Crippen LogP contribution in [-0.4, -0.2) is 20.4 Å². The molecule has 0 bridgehead atoms. The van der Waals surface area contributed by atoms with E-state index in [0.29, 0.717) is 21.9 Å². The van der Waals surface area contributed by atoms with Crippen molar-refractivity contribution in [1.29, 1.82) is 0 Å². The van der Waals surface area contributed by atoms with Gasteiger partial charge in [0.1, 0.15) is 23.0 Å². The fourth-order valence-electron chi connectivity index (χ4n) is 3.02. The van der Waals surface area contributed by atoms with Crippen LogP contribution in [0.25, 0.3) is 32.7 Å². The molecular weight excluding hydrogens is 304 g/mol. The molecule has 24 heavy (non-hydrogen) atoms. The van der Waals surface area contributed by atoms with Gasteiger partial charge in [-0.05, 0) is 47.2 Å². The smallest absolute Gasteiger partial charge is 0.131 e. The first-order valence-electron chi connectivity index (χ1n) is 7.44. The maximum absolute atomic E-state index is 10.6. The number of rotatable bonds is 1. The van der Waals surface area contributed by atoms with Crippen LogP contribution < -0.4 is 0 Å². The molecule has 0 amide bonds. The van der Waals surface area contributed by atoms with Crippen molar-refractivity contribution in [1.82, 2.24) is 0 Å². The van der Waals surface area contributed by atoms with Crippen LogP contribution in [0.2, 0.25) is 0 Å². The molecule has 0 saturated heterocycles. The largest absolute Gasteiger partial charge is 0.508 e. The van der Waals surface area contributed by atoms with Gasteiger partial charge in [0, 0.05) is 21.9 Å². The minimum Gasteiger partial charge on any atom is -0.508 e. The van der Waals surface area contributed by atoms with Crippen molar-refractivity contribution in [3.8, 4) is 34.1 Å². The van der Waals surface area contributed by atoms with Crippen molar-refractivity contribution < 1.29 is 20.4 Å². The molecule has 0 unspecified atom stereocenters. The van der Waals surface area contributed by atoms with Gasteiger partial charge in [0.25, 0.3) is 0 Å². The molecule has 0 aromatic heterocycles. The highest BCUT2D eigenvalue weighted by Gasteiger charge is 2.14. The lowest BCUT2D eigenvalue weighted by Gasteiger charge is -2.12. The quantitative estimate of drug-likeness (QED) is 0.417. The second kappa shape index (κ2) is 5.06. The number of hydrogen-bond donors (Lipinski definition) is 4. The standard InChI is InChI=1S/C20H14O4/c21-13-5-1-11-3-7-15(19(23)17(11)9-13)16-8-4-12-2-6-14(22)10-18(12)20(16)24/h1-10,21-24H. The maximum Gasteiger partial charge on any atom is 0.131 e. The fraction of sp³-hybridized carbons (Fsp3) is 0. The zero-order valence-electron chi connectivity index (χ0n) is 12.6. The molecule has 0 aliphatic rings. The van der Waals surface area contributed by atoms with Crippen molar-refractivity contribution in [2.24, 2.45) is 0 Å². The van der Waals surface area contributed by atoms with Crippen LogP contribution >= 0.6 is 0 Å². The van der Waals surface area contributed by atoms with Crippen molar-refractivity contribution >= 4 is 21.5 Å². The first-order chi connectivity index (χ1) is 11.5. The molecule has 0 saturated carbocycles. The summed E-state index contributed by atoms with van der Waals surface area (Å²) in [7, 11) is 0. The molecule has 4 aromatic carbocycles. The summed E-state index contributed by atoms with van der Waals surface area (Å²) in [5, 5.41) is 43.1. The van der Waals surface area contributed by atoms with Crippen LogP contribution in [0.4, 0.5) is 0 Å². The van der Waals surface area contributed by atoms with E-state index in [1.807, 2.05) is 12.1 Å². The average molecular weight is 318 g/mol. The van der Waals surface area contributed by atoms with Gasteiger partial charge in [-0.25, -0.2) is 0 Å². The first-order valence-corrected chi connectivity index (χ1v) is 7.44. The second-order valence-electron chi connectivity index (χ2n) is 5.73. The SMILES string of the molecule is Oc1ccc2ccc(-c3ccc4ccc(O)cc4c3O)c(O)c2c1. The third kappa shape index (κ3) is 2.08. The minimum atomic E-state index is -0.0156. The Morgan fingerprint density at radius 2 is 0.833 bits per heavy atom. The van der Waals surface area contributed by atoms with Gasteiger partial charge in [-0.3, -0.25) is 0 Å². The summed E-state index contributed by atoms with van der Waals surface area (Å²) in [5.41, 5.74) is 0.909. The minimum absolute atomic E-state index is 0.0156. The molecule has 0 atom stereocenters. The van der Waals surface area contributed by atoms with Crippen molar-refractivity contribution in [2.75, 3.05) is 0 Å². The summed E-state index contributed by atoms with van der Waals surface area (Å²) in [5.74, 6) is 0.0848. The predicted molar refractivity (Wildman–Crippen MR) is 93.5 cm³/mol. The molecule has 118 valence electrons. The Bertz CT molecular complexity index is 1010. The molecular formula is C20H14O4. The highest BCUT2D eigenvalue weighted by molar-refractivity contribution is 6.00. The maximum atomic E-state index is 10.6. The lowest BCUT2D eigenvalue weighted by Crippen LogP contribution is -1.85. The van der Waals surface area contributed by atoms with E-state index in [0.717, 1.165) is 10.8 Å². The Balaban J connectivity index is 2.02. The Morgan fingerprint density at radius 3 is 1.25 bits per heavy atom. The molecule has 4 heteroatoms. The van der Waals surface area contributed by atoms with Gasteiger partial charge in [-0.2, -0.15) is 0 Å². The molecule has 0 radical (unpaired) electrons. The van der Waals surface area contributed by atoms with E-state index in [1.165, 1.54) is 12.1 Å². The van der Waals surface area contributed by atoms with E-state index >= 15 is 0 Å². The van der Waals surface area contributed by atoms with Crippen LogP contribution in [0.3, 0.4) is 0 Å². The van der Waals surface area contributed by atoms with E-state index in [4.69, 9.17) is 0 Å². The summed E-state index contributed by atoms with van der Waals surface area (Å²) in [6.07, 6.45) is 0. The van der Waals surface area contributed by atoms with Gasteiger partial charge < -0.3 is 20.4 Å². The molecule has 4 rings (SSSR count). The summed E-state index contributed by atoms with van der Waals surface area (Å²) in [6.45, 7) is 0. The van der Waals surface area contributed by atoms with Crippen LogP contribution in [0.15, 0.2) is 60.7 Å². The highest BCUT2D eigenvalue weighted by atomic mass is 16.3. The molecule has 4 N–H and O–H groups in total. The summed E-state index contributed by atoms with van der Waals surface area (Å²) in [4.78, 5) is 0. The third-order valence-electron chi connectivity index (χ3n) is 4.24. The number of phenolic OH excluding ortho intramolecular Hbond substituents is 4. The number of hydrogen-bond acceptors (Lipinski definition) is 4. The van der Waals surface area contributed by atoms with E-state index in [1.54, 1.807) is 36.4 Å². The monoisotopic (exact) mass is 318 g/mol. The van der Waals surface area contributed by atoms with E-state index < -0.39 is 0 Å². The van der Waals surface area contributed by atoms with Gasteiger partial charge in [0.05, 0.1) is 0 Å². The second-order valence-corrected chi connectivity index (χ2v) is 5.73. The topological polar surface area (TPSA) is 80.9 Å².